The highest BCUT2D eigenvalue weighted by Gasteiger charge is 1.90. The minimum Gasteiger partial charge on any atom is -0.292 e. The van der Waals surface area contributed by atoms with Crippen molar-refractivity contribution >= 4 is 12.2 Å². The van der Waals surface area contributed by atoms with Gasteiger partial charge >= 0.3 is 0 Å². The maximum Gasteiger partial charge on any atom is 0.298 e. The monoisotopic (exact) mass is 116 g/mol. The first-order valence-electron chi connectivity index (χ1n) is 2.29. The Hall–Kier alpha value is -0.900. The number of aldehydes is 1. The molecule has 0 rings (SSSR count). The molecule has 4 heteroatoms. The third kappa shape index (κ3) is 3.30. The van der Waals surface area contributed by atoms with Crippen LogP contribution in [0.5, 0.6) is 0 Å². The van der Waals surface area contributed by atoms with E-state index in [0.29, 0.717) is 6.54 Å². The van der Waals surface area contributed by atoms with Crippen molar-refractivity contribution in [2.75, 3.05) is 6.54 Å². The van der Waals surface area contributed by atoms with Crippen LogP contribution in [-0.2, 0) is 9.59 Å². The van der Waals surface area contributed by atoms with Crippen molar-refractivity contribution in [3.8, 4) is 0 Å². The standard InChI is InChI=1S/C4H8N2O2/c1-2-5-6-4(8)3-7/h3,5H,2H2,1H3,(H,6,8). The molecule has 0 spiro atoms. The normalized spacial score (nSPS) is 8.12. The third-order valence-electron chi connectivity index (χ3n) is 0.495. The van der Waals surface area contributed by atoms with Crippen LogP contribution in [0.3, 0.4) is 0 Å². The maximum absolute atomic E-state index is 10.0. The number of hydrogen-bond donors (Lipinski definition) is 2. The predicted octanol–water partition coefficient (Wildman–Crippen LogP) is -1.17. The Kier molecular flexibility index (Phi) is 3.78. The van der Waals surface area contributed by atoms with Gasteiger partial charge in [0.05, 0.1) is 0 Å². The van der Waals surface area contributed by atoms with Crippen LogP contribution >= 0.6 is 0 Å². The molecule has 0 aliphatic rings. The van der Waals surface area contributed by atoms with Crippen LogP contribution in [0, 0.1) is 0 Å². The highest BCUT2D eigenvalue weighted by molar-refractivity contribution is 6.23. The Balaban J connectivity index is 3.11. The summed E-state index contributed by atoms with van der Waals surface area (Å²) in [4.78, 5) is 19.6. The summed E-state index contributed by atoms with van der Waals surface area (Å²) in [7, 11) is 0. The van der Waals surface area contributed by atoms with Gasteiger partial charge in [-0.05, 0) is 0 Å². The third-order valence-corrected chi connectivity index (χ3v) is 0.495. The molecule has 0 saturated carbocycles. The molecule has 0 aromatic rings. The van der Waals surface area contributed by atoms with Crippen molar-refractivity contribution < 1.29 is 9.59 Å². The van der Waals surface area contributed by atoms with E-state index in [9.17, 15) is 9.59 Å². The molecule has 8 heavy (non-hydrogen) atoms. The van der Waals surface area contributed by atoms with E-state index >= 15 is 0 Å². The predicted molar refractivity (Wildman–Crippen MR) is 27.9 cm³/mol. The van der Waals surface area contributed by atoms with Crippen molar-refractivity contribution in [3.05, 3.63) is 0 Å². The van der Waals surface area contributed by atoms with Crippen LogP contribution in [0.4, 0.5) is 0 Å². The van der Waals surface area contributed by atoms with Gasteiger partial charge in [-0.3, -0.25) is 15.0 Å². The summed E-state index contributed by atoms with van der Waals surface area (Å²) in [6, 6.07) is 0. The van der Waals surface area contributed by atoms with Gasteiger partial charge in [-0.25, -0.2) is 5.43 Å². The molecule has 0 aromatic carbocycles. The molecule has 0 saturated heterocycles. The van der Waals surface area contributed by atoms with Gasteiger partial charge in [-0.1, -0.05) is 6.92 Å². The van der Waals surface area contributed by atoms with E-state index in [2.05, 4.69) is 10.9 Å². The zero-order valence-corrected chi connectivity index (χ0v) is 4.60. The van der Waals surface area contributed by atoms with Crippen molar-refractivity contribution in [3.63, 3.8) is 0 Å². The fourth-order valence-electron chi connectivity index (χ4n) is 0.205. The Morgan fingerprint density at radius 2 is 2.38 bits per heavy atom. The Morgan fingerprint density at radius 1 is 1.75 bits per heavy atom. The summed E-state index contributed by atoms with van der Waals surface area (Å²) in [6.45, 7) is 2.42. The molecule has 46 valence electrons. The molecule has 0 heterocycles. The summed E-state index contributed by atoms with van der Waals surface area (Å²) in [5.74, 6) is -0.646. The second kappa shape index (κ2) is 4.26. The smallest absolute Gasteiger partial charge is 0.292 e. The van der Waals surface area contributed by atoms with Crippen LogP contribution in [-0.4, -0.2) is 18.7 Å². The molecule has 2 N–H and O–H groups in total. The lowest BCUT2D eigenvalue weighted by molar-refractivity contribution is -0.131. The van der Waals surface area contributed by atoms with E-state index in [1.807, 2.05) is 6.92 Å². The van der Waals surface area contributed by atoms with Crippen molar-refractivity contribution in [2.24, 2.45) is 0 Å². The zero-order chi connectivity index (χ0) is 6.41. The second-order valence-corrected chi connectivity index (χ2v) is 1.14. The van der Waals surface area contributed by atoms with Gasteiger partial charge in [-0.15, -0.1) is 0 Å². The second-order valence-electron chi connectivity index (χ2n) is 1.14. The lowest BCUT2D eigenvalue weighted by Crippen LogP contribution is -2.37. The lowest BCUT2D eigenvalue weighted by Gasteiger charge is -1.96. The van der Waals surface area contributed by atoms with Crippen LogP contribution in [0.15, 0.2) is 0 Å². The Labute approximate surface area is 47.2 Å². The van der Waals surface area contributed by atoms with Crippen LogP contribution in [0.25, 0.3) is 0 Å². The minimum absolute atomic E-state index is 0.211. The first kappa shape index (κ1) is 7.10. The van der Waals surface area contributed by atoms with Crippen LogP contribution in [0.2, 0.25) is 0 Å². The first-order valence-corrected chi connectivity index (χ1v) is 2.29. The van der Waals surface area contributed by atoms with E-state index < -0.39 is 5.91 Å². The molecule has 0 bridgehead atoms. The number of carbonyl (C=O) groups excluding carboxylic acids is 2. The number of carbonyl (C=O) groups is 2. The van der Waals surface area contributed by atoms with E-state index in [4.69, 9.17) is 0 Å². The molecular weight excluding hydrogens is 108 g/mol. The molecule has 0 aromatic heterocycles. The average molecular weight is 116 g/mol. The van der Waals surface area contributed by atoms with E-state index in [0.717, 1.165) is 0 Å². The molecular formula is C4H8N2O2. The zero-order valence-electron chi connectivity index (χ0n) is 4.60. The fourth-order valence-corrected chi connectivity index (χ4v) is 0.205. The topological polar surface area (TPSA) is 58.2 Å². The van der Waals surface area contributed by atoms with Crippen molar-refractivity contribution in [1.82, 2.24) is 10.9 Å². The number of nitrogens with one attached hydrogen (secondary N) is 2. The van der Waals surface area contributed by atoms with Gasteiger partial charge < -0.3 is 0 Å². The van der Waals surface area contributed by atoms with Crippen molar-refractivity contribution in [1.29, 1.82) is 0 Å². The first-order chi connectivity index (χ1) is 3.81. The molecule has 0 fully saturated rings. The number of hydrazine groups is 1. The molecule has 0 aliphatic heterocycles. The SMILES string of the molecule is CCNNC(=O)C=O. The summed E-state index contributed by atoms with van der Waals surface area (Å²) in [5, 5.41) is 0. The highest BCUT2D eigenvalue weighted by atomic mass is 16.2. The highest BCUT2D eigenvalue weighted by Crippen LogP contribution is 1.49. The molecule has 0 unspecified atom stereocenters. The van der Waals surface area contributed by atoms with Gasteiger partial charge in [0.1, 0.15) is 0 Å². The number of amides is 1. The van der Waals surface area contributed by atoms with E-state index in [1.165, 1.54) is 0 Å². The molecule has 4 nitrogen and oxygen atoms in total. The lowest BCUT2D eigenvalue weighted by atomic mass is 10.7. The van der Waals surface area contributed by atoms with E-state index in [-0.39, 0.29) is 6.29 Å². The molecule has 1 amide bonds. The summed E-state index contributed by atoms with van der Waals surface area (Å²) >= 11 is 0. The Morgan fingerprint density at radius 3 is 2.75 bits per heavy atom. The molecule has 0 aliphatic carbocycles. The molecule has 0 radical (unpaired) electrons. The summed E-state index contributed by atoms with van der Waals surface area (Å²) < 4.78 is 0. The van der Waals surface area contributed by atoms with Crippen LogP contribution in [0.1, 0.15) is 6.92 Å². The summed E-state index contributed by atoms with van der Waals surface area (Å²) in [5.41, 5.74) is 4.59. The maximum atomic E-state index is 10.0. The van der Waals surface area contributed by atoms with Gasteiger partial charge in [0.2, 0.25) is 6.29 Å². The number of rotatable bonds is 3. The van der Waals surface area contributed by atoms with Gasteiger partial charge in [-0.2, -0.15) is 0 Å². The van der Waals surface area contributed by atoms with Crippen LogP contribution < -0.4 is 10.9 Å². The molecule has 0 atom stereocenters. The van der Waals surface area contributed by atoms with Gasteiger partial charge in [0.15, 0.2) is 0 Å². The quantitative estimate of drug-likeness (QED) is 0.277. The largest absolute Gasteiger partial charge is 0.298 e. The van der Waals surface area contributed by atoms with Gasteiger partial charge in [0, 0.05) is 6.54 Å². The minimum atomic E-state index is -0.646. The van der Waals surface area contributed by atoms with Crippen molar-refractivity contribution in [2.45, 2.75) is 6.92 Å². The van der Waals surface area contributed by atoms with E-state index in [1.54, 1.807) is 0 Å². The average Bonchev–Trinajstić information content (AvgIpc) is 1.83. The number of hydrogen-bond acceptors (Lipinski definition) is 3. The Bertz CT molecular complexity index is 92.0. The van der Waals surface area contributed by atoms with Gasteiger partial charge in [0.25, 0.3) is 5.91 Å². The fraction of sp³-hybridized carbons (Fsp3) is 0.500. The summed E-state index contributed by atoms with van der Waals surface area (Å²) in [6.07, 6.45) is 0.211.